The van der Waals surface area contributed by atoms with Crippen LogP contribution in [-0.2, 0) is 14.8 Å². The molecule has 1 atom stereocenters. The highest BCUT2D eigenvalue weighted by molar-refractivity contribution is 7.89. The summed E-state index contributed by atoms with van der Waals surface area (Å²) in [6.45, 7) is 5.68. The van der Waals surface area contributed by atoms with E-state index in [-0.39, 0.29) is 23.1 Å². The number of nitrogens with zero attached hydrogens (tertiary/aromatic N) is 2. The van der Waals surface area contributed by atoms with E-state index in [0.29, 0.717) is 18.4 Å². The van der Waals surface area contributed by atoms with Crippen LogP contribution in [0.5, 0.6) is 0 Å². The predicted molar refractivity (Wildman–Crippen MR) is 89.5 cm³/mol. The minimum Gasteiger partial charge on any atom is -0.480 e. The Bertz CT molecular complexity index is 776. The SMILES string of the molecule is CCO/C(O)=C(/C#N)C1c2ccccc2S(=O)(=O)N1C(CC)CC. The van der Waals surface area contributed by atoms with Crippen LogP contribution in [-0.4, -0.2) is 30.5 Å². The van der Waals surface area contributed by atoms with Crippen molar-refractivity contribution in [2.45, 2.75) is 50.6 Å². The van der Waals surface area contributed by atoms with Crippen molar-refractivity contribution in [1.82, 2.24) is 4.31 Å². The van der Waals surface area contributed by atoms with Gasteiger partial charge >= 0.3 is 0 Å². The molecule has 0 aliphatic carbocycles. The van der Waals surface area contributed by atoms with Gasteiger partial charge < -0.3 is 9.84 Å². The molecule has 7 heteroatoms. The molecule has 6 nitrogen and oxygen atoms in total. The van der Waals surface area contributed by atoms with Gasteiger partial charge in [-0.05, 0) is 31.4 Å². The highest BCUT2D eigenvalue weighted by Crippen LogP contribution is 2.46. The first-order chi connectivity index (χ1) is 11.4. The van der Waals surface area contributed by atoms with Crippen LogP contribution < -0.4 is 0 Å². The van der Waals surface area contributed by atoms with Crippen LogP contribution in [0, 0.1) is 11.3 Å². The van der Waals surface area contributed by atoms with Gasteiger partial charge in [0, 0.05) is 6.04 Å². The van der Waals surface area contributed by atoms with Crippen molar-refractivity contribution in [1.29, 1.82) is 5.26 Å². The fraction of sp³-hybridized carbons (Fsp3) is 0.471. The third kappa shape index (κ3) is 2.87. The molecule has 1 N–H and O–H groups in total. The molecule has 1 unspecified atom stereocenters. The topological polar surface area (TPSA) is 90.6 Å². The molecule has 130 valence electrons. The molecule has 1 heterocycles. The van der Waals surface area contributed by atoms with Gasteiger partial charge in [0.25, 0.3) is 5.95 Å². The zero-order chi connectivity index (χ0) is 17.9. The number of hydrogen-bond donors (Lipinski definition) is 1. The van der Waals surface area contributed by atoms with Gasteiger partial charge in [-0.3, -0.25) is 0 Å². The van der Waals surface area contributed by atoms with Crippen molar-refractivity contribution in [3.05, 3.63) is 41.3 Å². The Balaban J connectivity index is 2.74. The molecule has 0 spiro atoms. The molecule has 0 saturated heterocycles. The molecule has 0 bridgehead atoms. The zero-order valence-corrected chi connectivity index (χ0v) is 14.9. The Morgan fingerprint density at radius 2 is 1.96 bits per heavy atom. The number of benzene rings is 1. The van der Waals surface area contributed by atoms with E-state index in [4.69, 9.17) is 4.74 Å². The molecular weight excluding hydrogens is 328 g/mol. The first-order valence-corrected chi connectivity index (χ1v) is 9.46. The normalized spacial score (nSPS) is 20.4. The summed E-state index contributed by atoms with van der Waals surface area (Å²) < 4.78 is 32.5. The van der Waals surface area contributed by atoms with Crippen LogP contribution in [0.4, 0.5) is 0 Å². The van der Waals surface area contributed by atoms with E-state index in [2.05, 4.69) is 0 Å². The minimum absolute atomic E-state index is 0.0859. The molecule has 2 rings (SSSR count). The van der Waals surface area contributed by atoms with Crippen LogP contribution >= 0.6 is 0 Å². The number of fused-ring (bicyclic) bond motifs is 1. The van der Waals surface area contributed by atoms with Crippen LogP contribution in [0.15, 0.2) is 40.7 Å². The molecule has 1 aliphatic rings. The molecule has 0 radical (unpaired) electrons. The number of ether oxygens (including phenoxy) is 1. The molecule has 0 amide bonds. The summed E-state index contributed by atoms with van der Waals surface area (Å²) in [5.74, 6) is -0.521. The van der Waals surface area contributed by atoms with E-state index in [0.717, 1.165) is 0 Å². The lowest BCUT2D eigenvalue weighted by molar-refractivity contribution is 0.0942. The Kier molecular flexibility index (Phi) is 5.52. The molecule has 1 aliphatic heterocycles. The minimum atomic E-state index is -3.74. The average Bonchev–Trinajstić information content (AvgIpc) is 2.79. The second-order valence-electron chi connectivity index (χ2n) is 5.51. The third-order valence-corrected chi connectivity index (χ3v) is 6.22. The van der Waals surface area contributed by atoms with Crippen molar-refractivity contribution in [2.75, 3.05) is 6.61 Å². The number of aliphatic hydroxyl groups is 1. The van der Waals surface area contributed by atoms with Gasteiger partial charge in [0.2, 0.25) is 10.0 Å². The summed E-state index contributed by atoms with van der Waals surface area (Å²) in [4.78, 5) is 0.180. The lowest BCUT2D eigenvalue weighted by atomic mass is 9.98. The standard InChI is InChI=1S/C17H22N2O4S/c1-4-12(5-2)19-16(14(11-18)17(20)23-6-3)13-9-7-8-10-15(13)24(19,21)22/h7-10,12,16,20H,4-6H2,1-3H3/b17-14-. The number of aliphatic hydroxyl groups excluding tert-OH is 1. The van der Waals surface area contributed by atoms with Gasteiger partial charge in [-0.2, -0.15) is 9.57 Å². The van der Waals surface area contributed by atoms with E-state index in [9.17, 15) is 18.8 Å². The summed E-state index contributed by atoms with van der Waals surface area (Å²) in [5.41, 5.74) is 0.407. The fourth-order valence-electron chi connectivity index (χ4n) is 3.11. The van der Waals surface area contributed by atoms with E-state index in [1.54, 1.807) is 25.1 Å². The molecule has 24 heavy (non-hydrogen) atoms. The van der Waals surface area contributed by atoms with Crippen molar-refractivity contribution in [3.8, 4) is 6.07 Å². The molecule has 0 fully saturated rings. The highest BCUT2D eigenvalue weighted by atomic mass is 32.2. The van der Waals surface area contributed by atoms with E-state index >= 15 is 0 Å². The van der Waals surface area contributed by atoms with Crippen LogP contribution in [0.25, 0.3) is 0 Å². The van der Waals surface area contributed by atoms with Gasteiger partial charge in [0.05, 0.1) is 17.5 Å². The van der Waals surface area contributed by atoms with E-state index in [1.165, 1.54) is 10.4 Å². The maximum Gasteiger partial charge on any atom is 0.293 e. The van der Waals surface area contributed by atoms with Crippen LogP contribution in [0.3, 0.4) is 0 Å². The van der Waals surface area contributed by atoms with Gasteiger partial charge in [-0.1, -0.05) is 32.0 Å². The fourth-order valence-corrected chi connectivity index (χ4v) is 5.25. The summed E-state index contributed by atoms with van der Waals surface area (Å²) in [6.07, 6.45) is 1.21. The van der Waals surface area contributed by atoms with Crippen LogP contribution in [0.1, 0.15) is 45.2 Å². The second-order valence-corrected chi connectivity index (χ2v) is 7.32. The van der Waals surface area contributed by atoms with Crippen molar-refractivity contribution in [3.63, 3.8) is 0 Å². The average molecular weight is 350 g/mol. The summed E-state index contributed by atoms with van der Waals surface area (Å²) in [7, 11) is -3.74. The zero-order valence-electron chi connectivity index (χ0n) is 14.1. The molecule has 1 aromatic carbocycles. The Labute approximate surface area is 143 Å². The Morgan fingerprint density at radius 3 is 2.50 bits per heavy atom. The van der Waals surface area contributed by atoms with Crippen LogP contribution in [0.2, 0.25) is 0 Å². The molecule has 0 saturated carbocycles. The highest BCUT2D eigenvalue weighted by Gasteiger charge is 2.48. The predicted octanol–water partition coefficient (Wildman–Crippen LogP) is 3.25. The van der Waals surface area contributed by atoms with Crippen molar-refractivity contribution >= 4 is 10.0 Å². The number of sulfonamides is 1. The van der Waals surface area contributed by atoms with Crippen molar-refractivity contribution < 1.29 is 18.3 Å². The van der Waals surface area contributed by atoms with Gasteiger partial charge in [-0.25, -0.2) is 8.42 Å². The monoisotopic (exact) mass is 350 g/mol. The van der Waals surface area contributed by atoms with E-state index in [1.807, 2.05) is 19.9 Å². The summed E-state index contributed by atoms with van der Waals surface area (Å²) >= 11 is 0. The van der Waals surface area contributed by atoms with Crippen molar-refractivity contribution in [2.24, 2.45) is 0 Å². The number of hydrogen-bond acceptors (Lipinski definition) is 5. The Morgan fingerprint density at radius 1 is 1.33 bits per heavy atom. The molecular formula is C17H22N2O4S. The van der Waals surface area contributed by atoms with Gasteiger partial charge in [0.15, 0.2) is 0 Å². The smallest absolute Gasteiger partial charge is 0.293 e. The summed E-state index contributed by atoms with van der Waals surface area (Å²) in [6, 6.07) is 7.39. The maximum absolute atomic E-state index is 13.0. The third-order valence-electron chi connectivity index (χ3n) is 4.23. The lowest BCUT2D eigenvalue weighted by Crippen LogP contribution is -2.38. The van der Waals surface area contributed by atoms with E-state index < -0.39 is 22.0 Å². The summed E-state index contributed by atoms with van der Waals surface area (Å²) in [5, 5.41) is 19.7. The number of nitriles is 1. The first-order valence-electron chi connectivity index (χ1n) is 8.02. The van der Waals surface area contributed by atoms with Gasteiger partial charge in [-0.15, -0.1) is 0 Å². The molecule has 1 aromatic rings. The lowest BCUT2D eigenvalue weighted by Gasteiger charge is -2.30. The first kappa shape index (κ1) is 18.3. The largest absolute Gasteiger partial charge is 0.480 e. The molecule has 0 aromatic heterocycles. The number of rotatable bonds is 6. The second kappa shape index (κ2) is 7.24. The Hall–Kier alpha value is -2.04. The quantitative estimate of drug-likeness (QED) is 0.628. The van der Waals surface area contributed by atoms with Gasteiger partial charge in [0.1, 0.15) is 11.6 Å². The maximum atomic E-state index is 13.0.